The van der Waals surface area contributed by atoms with Crippen LogP contribution >= 0.6 is 0 Å². The monoisotopic (exact) mass is 304 g/mol. The Hall–Kier alpha value is -2.30. The third-order valence-electron chi connectivity index (χ3n) is 3.70. The van der Waals surface area contributed by atoms with Crippen molar-refractivity contribution in [3.8, 4) is 5.69 Å². The molecule has 3 aromatic rings. The van der Waals surface area contributed by atoms with Gasteiger partial charge in [0.2, 0.25) is 0 Å². The van der Waals surface area contributed by atoms with E-state index in [1.54, 1.807) is 36.9 Å². The number of para-hydroxylation sites is 2. The van der Waals surface area contributed by atoms with Crippen LogP contribution in [0.5, 0.6) is 0 Å². The molecule has 1 heterocycles. The Morgan fingerprint density at radius 1 is 1.05 bits per heavy atom. The van der Waals surface area contributed by atoms with Crippen LogP contribution in [-0.2, 0) is 6.18 Å². The predicted molar refractivity (Wildman–Crippen MR) is 80.2 cm³/mol. The van der Waals surface area contributed by atoms with Crippen LogP contribution in [0.25, 0.3) is 16.7 Å². The maximum absolute atomic E-state index is 13.3. The van der Waals surface area contributed by atoms with E-state index in [2.05, 4.69) is 4.98 Å². The molecule has 114 valence electrons. The van der Waals surface area contributed by atoms with Crippen molar-refractivity contribution < 1.29 is 13.2 Å². The number of halogens is 3. The number of imidazole rings is 1. The fourth-order valence-corrected chi connectivity index (χ4v) is 2.61. The largest absolute Gasteiger partial charge is 0.416 e. The molecule has 0 unspecified atom stereocenters. The molecule has 2 nitrogen and oxygen atoms in total. The van der Waals surface area contributed by atoms with Crippen molar-refractivity contribution in [2.75, 3.05) is 0 Å². The van der Waals surface area contributed by atoms with Crippen LogP contribution in [0.1, 0.15) is 30.9 Å². The zero-order chi connectivity index (χ0) is 15.9. The Labute approximate surface area is 126 Å². The lowest BCUT2D eigenvalue weighted by molar-refractivity contribution is -0.138. The molecule has 3 rings (SSSR count). The second-order valence-electron chi connectivity index (χ2n) is 5.53. The van der Waals surface area contributed by atoms with Gasteiger partial charge in [0.05, 0.1) is 16.6 Å². The van der Waals surface area contributed by atoms with Gasteiger partial charge in [-0.25, -0.2) is 4.98 Å². The summed E-state index contributed by atoms with van der Waals surface area (Å²) in [5, 5.41) is 0. The first kappa shape index (κ1) is 14.6. The molecule has 0 aliphatic heterocycles. The third kappa shape index (κ3) is 2.47. The van der Waals surface area contributed by atoms with Gasteiger partial charge in [0.1, 0.15) is 6.33 Å². The summed E-state index contributed by atoms with van der Waals surface area (Å²) in [7, 11) is 0. The van der Waals surface area contributed by atoms with E-state index in [0.717, 1.165) is 11.0 Å². The molecule has 22 heavy (non-hydrogen) atoms. The smallest absolute Gasteiger partial charge is 0.299 e. The predicted octanol–water partition coefficient (Wildman–Crippen LogP) is 5.17. The van der Waals surface area contributed by atoms with E-state index in [0.29, 0.717) is 11.3 Å². The summed E-state index contributed by atoms with van der Waals surface area (Å²) in [6, 6.07) is 11.8. The number of hydrogen-bond acceptors (Lipinski definition) is 1. The van der Waals surface area contributed by atoms with Gasteiger partial charge in [-0.2, -0.15) is 13.2 Å². The summed E-state index contributed by atoms with van der Waals surface area (Å²) in [6.45, 7) is 3.52. The molecule has 2 aromatic carbocycles. The van der Waals surface area contributed by atoms with E-state index in [-0.39, 0.29) is 5.92 Å². The minimum absolute atomic E-state index is 0.190. The molecule has 0 aliphatic rings. The molecule has 0 fully saturated rings. The number of rotatable bonds is 2. The highest BCUT2D eigenvalue weighted by Gasteiger charge is 2.34. The maximum Gasteiger partial charge on any atom is 0.416 e. The summed E-state index contributed by atoms with van der Waals surface area (Å²) in [4.78, 5) is 4.23. The highest BCUT2D eigenvalue weighted by Crippen LogP contribution is 2.36. The molecule has 1 aromatic heterocycles. The molecule has 0 saturated heterocycles. The van der Waals surface area contributed by atoms with Crippen molar-refractivity contribution in [2.45, 2.75) is 25.9 Å². The number of alkyl halides is 3. The highest BCUT2D eigenvalue weighted by molar-refractivity contribution is 5.77. The van der Waals surface area contributed by atoms with Crippen molar-refractivity contribution in [3.05, 3.63) is 59.9 Å². The molecule has 0 amide bonds. The number of nitrogens with zero attached hydrogens (tertiary/aromatic N) is 2. The fourth-order valence-electron chi connectivity index (χ4n) is 2.61. The summed E-state index contributed by atoms with van der Waals surface area (Å²) in [5.41, 5.74) is 1.72. The first-order valence-electron chi connectivity index (χ1n) is 7.01. The quantitative estimate of drug-likeness (QED) is 0.639. The molecular weight excluding hydrogens is 289 g/mol. The molecular formula is C17H15F3N2. The van der Waals surface area contributed by atoms with E-state index in [1.807, 2.05) is 24.3 Å². The summed E-state index contributed by atoms with van der Waals surface area (Å²) in [5.74, 6) is -0.190. The van der Waals surface area contributed by atoms with Gasteiger partial charge < -0.3 is 0 Å². The highest BCUT2D eigenvalue weighted by atomic mass is 19.4. The molecule has 0 radical (unpaired) electrons. The van der Waals surface area contributed by atoms with Gasteiger partial charge >= 0.3 is 6.18 Å². The average molecular weight is 304 g/mol. The number of benzene rings is 2. The van der Waals surface area contributed by atoms with Crippen molar-refractivity contribution in [2.24, 2.45) is 0 Å². The molecule has 0 bridgehead atoms. The van der Waals surface area contributed by atoms with Crippen LogP contribution in [0.15, 0.2) is 48.8 Å². The zero-order valence-corrected chi connectivity index (χ0v) is 12.2. The lowest BCUT2D eigenvalue weighted by Gasteiger charge is -2.17. The van der Waals surface area contributed by atoms with Gasteiger partial charge in [0.25, 0.3) is 0 Å². The van der Waals surface area contributed by atoms with Crippen LogP contribution in [-0.4, -0.2) is 9.55 Å². The summed E-state index contributed by atoms with van der Waals surface area (Å²) >= 11 is 0. The van der Waals surface area contributed by atoms with Crippen molar-refractivity contribution in [1.82, 2.24) is 9.55 Å². The first-order valence-corrected chi connectivity index (χ1v) is 7.01. The fraction of sp³-hybridized carbons (Fsp3) is 0.235. The molecule has 0 saturated carbocycles. The van der Waals surface area contributed by atoms with Crippen LogP contribution in [0.4, 0.5) is 13.2 Å². The number of fused-ring (bicyclic) bond motifs is 1. The van der Waals surface area contributed by atoms with E-state index in [1.165, 1.54) is 6.07 Å². The van der Waals surface area contributed by atoms with E-state index in [9.17, 15) is 13.2 Å². The molecule has 0 atom stereocenters. The summed E-state index contributed by atoms with van der Waals surface area (Å²) in [6.07, 6.45) is -2.82. The number of aromatic nitrogens is 2. The Bertz CT molecular complexity index is 816. The van der Waals surface area contributed by atoms with E-state index < -0.39 is 11.7 Å². The minimum Gasteiger partial charge on any atom is -0.299 e. The lowest BCUT2D eigenvalue weighted by Crippen LogP contribution is -2.11. The van der Waals surface area contributed by atoms with Crippen LogP contribution in [0.2, 0.25) is 0 Å². The molecule has 0 N–H and O–H groups in total. The van der Waals surface area contributed by atoms with E-state index >= 15 is 0 Å². The standard InChI is InChI=1S/C17H15F3N2/c1-11(2)13-8-7-12(9-14(13)17(18,19)20)22-10-21-15-5-3-4-6-16(15)22/h3-11H,1-2H3. The van der Waals surface area contributed by atoms with Gasteiger partial charge in [0.15, 0.2) is 0 Å². The maximum atomic E-state index is 13.3. The van der Waals surface area contributed by atoms with Gasteiger partial charge in [-0.3, -0.25) is 4.57 Å². The van der Waals surface area contributed by atoms with Crippen LogP contribution < -0.4 is 0 Å². The molecule has 0 spiro atoms. The van der Waals surface area contributed by atoms with Gasteiger partial charge in [-0.15, -0.1) is 0 Å². The Kier molecular flexibility index (Phi) is 3.43. The van der Waals surface area contributed by atoms with E-state index in [4.69, 9.17) is 0 Å². The second kappa shape index (κ2) is 5.16. The van der Waals surface area contributed by atoms with Gasteiger partial charge in [-0.1, -0.05) is 32.0 Å². The zero-order valence-electron chi connectivity index (χ0n) is 12.2. The Morgan fingerprint density at radius 3 is 2.45 bits per heavy atom. The summed E-state index contributed by atoms with van der Waals surface area (Å²) < 4.78 is 41.6. The van der Waals surface area contributed by atoms with Gasteiger partial charge in [-0.05, 0) is 35.7 Å². The average Bonchev–Trinajstić information content (AvgIpc) is 2.89. The third-order valence-corrected chi connectivity index (χ3v) is 3.70. The van der Waals surface area contributed by atoms with Crippen LogP contribution in [0, 0.1) is 0 Å². The van der Waals surface area contributed by atoms with Crippen molar-refractivity contribution >= 4 is 11.0 Å². The van der Waals surface area contributed by atoms with Gasteiger partial charge in [0, 0.05) is 5.69 Å². The van der Waals surface area contributed by atoms with Crippen molar-refractivity contribution in [1.29, 1.82) is 0 Å². The normalized spacial score (nSPS) is 12.3. The topological polar surface area (TPSA) is 17.8 Å². The lowest BCUT2D eigenvalue weighted by atomic mass is 9.96. The minimum atomic E-state index is -4.37. The van der Waals surface area contributed by atoms with Crippen LogP contribution in [0.3, 0.4) is 0 Å². The Balaban J connectivity index is 2.20. The first-order chi connectivity index (χ1) is 10.4. The number of hydrogen-bond donors (Lipinski definition) is 0. The molecule has 0 aliphatic carbocycles. The second-order valence-corrected chi connectivity index (χ2v) is 5.53. The van der Waals surface area contributed by atoms with Crippen molar-refractivity contribution in [3.63, 3.8) is 0 Å². The Morgan fingerprint density at radius 2 is 1.77 bits per heavy atom. The SMILES string of the molecule is CC(C)c1ccc(-n2cnc3ccccc32)cc1C(F)(F)F. The molecule has 5 heteroatoms.